The van der Waals surface area contributed by atoms with Crippen LogP contribution in [0.1, 0.15) is 36.0 Å². The number of hydrogen-bond acceptors (Lipinski definition) is 1. The van der Waals surface area contributed by atoms with Crippen LogP contribution in [-0.2, 0) is 12.6 Å². The van der Waals surface area contributed by atoms with E-state index < -0.39 is 11.7 Å². The molecule has 0 saturated carbocycles. The molecule has 0 fully saturated rings. The zero-order valence-electron chi connectivity index (χ0n) is 17.4. The average molecular weight is 446 g/mol. The second-order valence-corrected chi connectivity index (χ2v) is 7.95. The first-order valence-electron chi connectivity index (χ1n) is 10.6. The molecule has 0 aliphatic carbocycles. The van der Waals surface area contributed by atoms with Gasteiger partial charge in [0, 0.05) is 13.1 Å². The van der Waals surface area contributed by atoms with E-state index in [1.807, 2.05) is 0 Å². The van der Waals surface area contributed by atoms with Crippen LogP contribution in [0.5, 0.6) is 0 Å². The fraction of sp³-hybridized carbons (Fsp3) is 0.308. The SMILES string of the molecule is Cl.FC(F)(F)c1cccc(C2=CCN(CCCCc3cccc4ccccc34)CC2)c1. The topological polar surface area (TPSA) is 3.24 Å². The van der Waals surface area contributed by atoms with Gasteiger partial charge >= 0.3 is 6.18 Å². The molecule has 0 unspecified atom stereocenters. The normalized spacial score (nSPS) is 14.9. The third-order valence-electron chi connectivity index (χ3n) is 5.90. The molecule has 0 atom stereocenters. The van der Waals surface area contributed by atoms with E-state index in [9.17, 15) is 13.2 Å². The lowest BCUT2D eigenvalue weighted by Gasteiger charge is -2.26. The fourth-order valence-electron chi connectivity index (χ4n) is 4.23. The Morgan fingerprint density at radius 2 is 1.65 bits per heavy atom. The van der Waals surface area contributed by atoms with Gasteiger partial charge in [-0.1, -0.05) is 60.7 Å². The maximum atomic E-state index is 13.0. The number of hydrogen-bond donors (Lipinski definition) is 0. The zero-order valence-corrected chi connectivity index (χ0v) is 18.2. The van der Waals surface area contributed by atoms with Crippen LogP contribution in [0.2, 0.25) is 0 Å². The molecular formula is C26H27ClF3N. The van der Waals surface area contributed by atoms with E-state index in [0.717, 1.165) is 57.0 Å². The van der Waals surface area contributed by atoms with E-state index in [1.165, 1.54) is 28.5 Å². The van der Waals surface area contributed by atoms with E-state index in [0.29, 0.717) is 5.56 Å². The van der Waals surface area contributed by atoms with Crippen molar-refractivity contribution in [2.75, 3.05) is 19.6 Å². The predicted molar refractivity (Wildman–Crippen MR) is 125 cm³/mol. The molecule has 0 bridgehead atoms. The number of unbranched alkanes of at least 4 members (excludes halogenated alkanes) is 1. The summed E-state index contributed by atoms with van der Waals surface area (Å²) in [5, 5.41) is 2.63. The van der Waals surface area contributed by atoms with Crippen LogP contribution in [0, 0.1) is 0 Å². The molecule has 164 valence electrons. The maximum absolute atomic E-state index is 13.0. The van der Waals surface area contributed by atoms with Gasteiger partial charge in [0.05, 0.1) is 5.56 Å². The summed E-state index contributed by atoms with van der Waals surface area (Å²) in [5.41, 5.74) is 2.55. The number of rotatable bonds is 6. The van der Waals surface area contributed by atoms with Gasteiger partial charge < -0.3 is 0 Å². The number of nitrogens with zero attached hydrogens (tertiary/aromatic N) is 1. The van der Waals surface area contributed by atoms with Gasteiger partial charge in [-0.2, -0.15) is 13.2 Å². The minimum absolute atomic E-state index is 0. The standard InChI is InChI=1S/C26H26F3N.ClH/c27-26(28,29)24-12-6-11-23(19-24)20-14-17-30(18-15-20)16-4-3-8-22-10-5-9-21-7-1-2-13-25(21)22;/h1-2,5-7,9-14,19H,3-4,8,15-18H2;1H. The van der Waals surface area contributed by atoms with E-state index in [1.54, 1.807) is 6.07 Å². The monoisotopic (exact) mass is 445 g/mol. The van der Waals surface area contributed by atoms with Crippen molar-refractivity contribution in [3.05, 3.63) is 89.5 Å². The van der Waals surface area contributed by atoms with Crippen molar-refractivity contribution in [1.82, 2.24) is 4.90 Å². The van der Waals surface area contributed by atoms with Crippen molar-refractivity contribution < 1.29 is 13.2 Å². The van der Waals surface area contributed by atoms with E-state index in [4.69, 9.17) is 0 Å². The maximum Gasteiger partial charge on any atom is 0.416 e. The Kier molecular flexibility index (Phi) is 7.79. The summed E-state index contributed by atoms with van der Waals surface area (Å²) in [5.74, 6) is 0. The second kappa shape index (κ2) is 10.3. The fourth-order valence-corrected chi connectivity index (χ4v) is 4.23. The summed E-state index contributed by atoms with van der Waals surface area (Å²) in [6, 6.07) is 20.7. The summed E-state index contributed by atoms with van der Waals surface area (Å²) in [6.07, 6.45) is 1.92. The summed E-state index contributed by atoms with van der Waals surface area (Å²) >= 11 is 0. The molecule has 4 rings (SSSR count). The first-order valence-corrected chi connectivity index (χ1v) is 10.6. The molecule has 3 aromatic rings. The quantitative estimate of drug-likeness (QED) is 0.357. The highest BCUT2D eigenvalue weighted by Crippen LogP contribution is 2.32. The van der Waals surface area contributed by atoms with Gasteiger partial charge in [0.1, 0.15) is 0 Å². The molecule has 1 aliphatic heterocycles. The van der Waals surface area contributed by atoms with Crippen molar-refractivity contribution in [3.8, 4) is 0 Å². The summed E-state index contributed by atoms with van der Waals surface area (Å²) in [7, 11) is 0. The third kappa shape index (κ3) is 5.90. The number of fused-ring (bicyclic) bond motifs is 1. The molecule has 31 heavy (non-hydrogen) atoms. The molecule has 3 aromatic carbocycles. The largest absolute Gasteiger partial charge is 0.416 e. The molecule has 0 saturated heterocycles. The van der Waals surface area contributed by atoms with Crippen molar-refractivity contribution >= 4 is 28.8 Å². The van der Waals surface area contributed by atoms with Crippen LogP contribution >= 0.6 is 12.4 Å². The molecular weight excluding hydrogens is 419 g/mol. The van der Waals surface area contributed by atoms with Gasteiger partial charge in [0.2, 0.25) is 0 Å². The highest BCUT2D eigenvalue weighted by molar-refractivity contribution is 5.86. The summed E-state index contributed by atoms with van der Waals surface area (Å²) < 4.78 is 38.9. The van der Waals surface area contributed by atoms with Crippen LogP contribution in [0.25, 0.3) is 16.3 Å². The summed E-state index contributed by atoms with van der Waals surface area (Å²) in [6.45, 7) is 2.73. The smallest absolute Gasteiger partial charge is 0.299 e. The third-order valence-corrected chi connectivity index (χ3v) is 5.90. The van der Waals surface area contributed by atoms with Crippen LogP contribution in [0.3, 0.4) is 0 Å². The molecule has 0 aromatic heterocycles. The van der Waals surface area contributed by atoms with Gasteiger partial charge in [0.25, 0.3) is 0 Å². The Labute approximate surface area is 188 Å². The molecule has 0 N–H and O–H groups in total. The Bertz CT molecular complexity index is 1040. The first kappa shape index (κ1) is 23.4. The van der Waals surface area contributed by atoms with Gasteiger partial charge in [0.15, 0.2) is 0 Å². The zero-order chi connectivity index (χ0) is 21.0. The van der Waals surface area contributed by atoms with Crippen LogP contribution in [0.15, 0.2) is 72.8 Å². The van der Waals surface area contributed by atoms with Crippen molar-refractivity contribution in [3.63, 3.8) is 0 Å². The number of benzene rings is 3. The van der Waals surface area contributed by atoms with Crippen LogP contribution < -0.4 is 0 Å². The lowest BCUT2D eigenvalue weighted by atomic mass is 9.97. The molecule has 1 aliphatic rings. The lowest BCUT2D eigenvalue weighted by molar-refractivity contribution is -0.137. The average Bonchev–Trinajstić information content (AvgIpc) is 2.77. The van der Waals surface area contributed by atoms with Gasteiger partial charge in [-0.15, -0.1) is 12.4 Å². The number of halogens is 4. The Morgan fingerprint density at radius 3 is 2.42 bits per heavy atom. The van der Waals surface area contributed by atoms with Crippen molar-refractivity contribution in [1.29, 1.82) is 0 Å². The predicted octanol–water partition coefficient (Wildman–Crippen LogP) is 7.39. The van der Waals surface area contributed by atoms with Gasteiger partial charge in [-0.3, -0.25) is 4.90 Å². The second-order valence-electron chi connectivity index (χ2n) is 7.95. The lowest BCUT2D eigenvalue weighted by Crippen LogP contribution is -2.29. The highest BCUT2D eigenvalue weighted by Gasteiger charge is 2.30. The van der Waals surface area contributed by atoms with E-state index in [2.05, 4.69) is 53.4 Å². The minimum atomic E-state index is -4.29. The molecule has 5 heteroatoms. The number of aryl methyl sites for hydroxylation is 1. The first-order chi connectivity index (χ1) is 14.5. The van der Waals surface area contributed by atoms with Gasteiger partial charge in [-0.25, -0.2) is 0 Å². The minimum Gasteiger partial charge on any atom is -0.299 e. The van der Waals surface area contributed by atoms with E-state index in [-0.39, 0.29) is 12.4 Å². The Balaban J connectivity index is 0.00000272. The molecule has 1 nitrogen and oxygen atoms in total. The van der Waals surface area contributed by atoms with E-state index >= 15 is 0 Å². The molecule has 0 radical (unpaired) electrons. The van der Waals surface area contributed by atoms with Crippen molar-refractivity contribution in [2.24, 2.45) is 0 Å². The summed E-state index contributed by atoms with van der Waals surface area (Å²) in [4.78, 5) is 2.39. The molecule has 1 heterocycles. The Hall–Kier alpha value is -2.30. The Morgan fingerprint density at radius 1 is 0.871 bits per heavy atom. The highest BCUT2D eigenvalue weighted by atomic mass is 35.5. The van der Waals surface area contributed by atoms with Crippen LogP contribution in [0.4, 0.5) is 13.2 Å². The van der Waals surface area contributed by atoms with Crippen molar-refractivity contribution in [2.45, 2.75) is 31.9 Å². The molecule has 0 spiro atoms. The van der Waals surface area contributed by atoms with Crippen LogP contribution in [-0.4, -0.2) is 24.5 Å². The molecule has 0 amide bonds. The van der Waals surface area contributed by atoms with Gasteiger partial charge in [-0.05, 0) is 71.8 Å². The number of alkyl halides is 3.